The van der Waals surface area contributed by atoms with Crippen molar-refractivity contribution in [3.8, 4) is 11.8 Å². The number of para-hydroxylation sites is 1. The van der Waals surface area contributed by atoms with Crippen molar-refractivity contribution in [2.75, 3.05) is 4.90 Å². The Hall–Kier alpha value is -7.13. The molecule has 0 N–H and O–H groups in total. The van der Waals surface area contributed by atoms with E-state index in [4.69, 9.17) is 0 Å². The second kappa shape index (κ2) is 14.5. The van der Waals surface area contributed by atoms with E-state index < -0.39 is 13.3 Å². The third-order valence-electron chi connectivity index (χ3n) is 11.3. The van der Waals surface area contributed by atoms with Gasteiger partial charge in [-0.25, -0.2) is 0 Å². The van der Waals surface area contributed by atoms with Gasteiger partial charge in [-0.15, -0.1) is 0 Å². The molecule has 0 fully saturated rings. The predicted octanol–water partition coefficient (Wildman–Crippen LogP) is 10.7. The maximum absolute atomic E-state index is 9.48. The number of nitriles is 1. The molecule has 0 aliphatic rings. The van der Waals surface area contributed by atoms with E-state index in [1.165, 1.54) is 39.1 Å². The van der Waals surface area contributed by atoms with Crippen LogP contribution in [0.2, 0.25) is 0 Å². The molecular weight excluding hydrogens is 751 g/mol. The summed E-state index contributed by atoms with van der Waals surface area (Å²) in [5, 5.41) is 14.2. The van der Waals surface area contributed by atoms with E-state index in [1.54, 1.807) is 0 Å². The number of hydrogen-bond acceptors (Lipinski definition) is 2. The van der Waals surface area contributed by atoms with Crippen LogP contribution in [0.25, 0.3) is 38.3 Å². The molecule has 0 saturated carbocycles. The minimum Gasteiger partial charge on any atom is -0.0423 e. The first-order valence-corrected chi connectivity index (χ1v) is 23.5. The van der Waals surface area contributed by atoms with Crippen LogP contribution in [0.3, 0.4) is 0 Å². The standard InChI is InChI=1S/C53H37GeN3/c55-38-39-24-29-47(30-25-39)57-52-23-13-12-22-50(52)51-37-49(34-35-53(51)57)56(48-31-26-40-14-10-11-15-41(40)36-48)46-32-27-45(28-33-46)54(42-16-4-1-5-17-42,43-18-6-2-7-19-43)44-20-8-3-9-21-44/h1-37H. The van der Waals surface area contributed by atoms with E-state index in [1.807, 2.05) is 24.3 Å². The van der Waals surface area contributed by atoms with Gasteiger partial charge < -0.3 is 0 Å². The number of benzene rings is 9. The van der Waals surface area contributed by atoms with Gasteiger partial charge in [-0.2, -0.15) is 5.26 Å². The summed E-state index contributed by atoms with van der Waals surface area (Å²) < 4.78 is 7.88. The van der Waals surface area contributed by atoms with Crippen LogP contribution in [0.5, 0.6) is 0 Å². The Morgan fingerprint density at radius 1 is 0.386 bits per heavy atom. The van der Waals surface area contributed by atoms with Crippen LogP contribution < -0.4 is 22.5 Å². The average Bonchev–Trinajstić information content (AvgIpc) is 3.62. The van der Waals surface area contributed by atoms with Gasteiger partial charge in [-0.1, -0.05) is 0 Å². The number of rotatable bonds is 8. The molecule has 3 nitrogen and oxygen atoms in total. The summed E-state index contributed by atoms with van der Waals surface area (Å²) in [6.07, 6.45) is 0. The fourth-order valence-electron chi connectivity index (χ4n) is 8.75. The van der Waals surface area contributed by atoms with Gasteiger partial charge in [-0.3, -0.25) is 0 Å². The first-order valence-electron chi connectivity index (χ1n) is 19.3. The summed E-state index contributed by atoms with van der Waals surface area (Å²) in [6, 6.07) is 83.7. The Balaban J connectivity index is 1.18. The molecule has 10 rings (SSSR count). The van der Waals surface area contributed by atoms with Crippen LogP contribution in [-0.2, 0) is 0 Å². The molecule has 0 aliphatic heterocycles. The van der Waals surface area contributed by atoms with Gasteiger partial charge in [0.2, 0.25) is 0 Å². The Kier molecular flexibility index (Phi) is 8.75. The van der Waals surface area contributed by atoms with Gasteiger partial charge in [-0.05, 0) is 12.1 Å². The number of fused-ring (bicyclic) bond motifs is 4. The van der Waals surface area contributed by atoms with E-state index in [2.05, 4.69) is 216 Å². The van der Waals surface area contributed by atoms with Gasteiger partial charge in [0.05, 0.1) is 11.6 Å². The Bertz CT molecular complexity index is 2960. The monoisotopic (exact) mass is 789 g/mol. The van der Waals surface area contributed by atoms with Crippen molar-refractivity contribution in [3.63, 3.8) is 0 Å². The molecule has 268 valence electrons. The van der Waals surface area contributed by atoms with Crippen LogP contribution in [0.15, 0.2) is 224 Å². The van der Waals surface area contributed by atoms with Crippen molar-refractivity contribution < 1.29 is 0 Å². The molecule has 0 unspecified atom stereocenters. The summed E-state index contributed by atoms with van der Waals surface area (Å²) in [7, 11) is 0. The van der Waals surface area contributed by atoms with Crippen LogP contribution in [0, 0.1) is 11.3 Å². The van der Waals surface area contributed by atoms with Crippen LogP contribution in [-0.4, -0.2) is 17.8 Å². The third kappa shape index (κ3) is 5.90. The predicted molar refractivity (Wildman–Crippen MR) is 241 cm³/mol. The number of hydrogen-bond donors (Lipinski definition) is 0. The second-order valence-electron chi connectivity index (χ2n) is 14.5. The number of nitrogens with zero attached hydrogens (tertiary/aromatic N) is 3. The summed E-state index contributed by atoms with van der Waals surface area (Å²) in [6.45, 7) is 0. The van der Waals surface area contributed by atoms with Crippen molar-refractivity contribution in [1.29, 1.82) is 5.26 Å². The topological polar surface area (TPSA) is 32.0 Å². The number of aromatic nitrogens is 1. The normalized spacial score (nSPS) is 11.5. The summed E-state index contributed by atoms with van der Waals surface area (Å²) >= 11 is -3.45. The first-order chi connectivity index (χ1) is 28.2. The molecule has 0 bridgehead atoms. The fourth-order valence-corrected chi connectivity index (χ4v) is 18.7. The van der Waals surface area contributed by atoms with E-state index in [-0.39, 0.29) is 0 Å². The van der Waals surface area contributed by atoms with Gasteiger partial charge in [0, 0.05) is 0 Å². The van der Waals surface area contributed by atoms with Crippen LogP contribution in [0.4, 0.5) is 17.1 Å². The van der Waals surface area contributed by atoms with Crippen molar-refractivity contribution in [1.82, 2.24) is 4.57 Å². The molecule has 0 aliphatic carbocycles. The fraction of sp³-hybridized carbons (Fsp3) is 0. The van der Waals surface area contributed by atoms with Gasteiger partial charge >= 0.3 is 308 Å². The molecule has 57 heavy (non-hydrogen) atoms. The third-order valence-corrected chi connectivity index (χ3v) is 21.4. The Morgan fingerprint density at radius 2 is 0.877 bits per heavy atom. The zero-order valence-corrected chi connectivity index (χ0v) is 33.3. The molecule has 0 radical (unpaired) electrons. The Morgan fingerprint density at radius 3 is 1.51 bits per heavy atom. The summed E-state index contributed by atoms with van der Waals surface area (Å²) in [5.74, 6) is 0. The van der Waals surface area contributed by atoms with Gasteiger partial charge in [0.1, 0.15) is 0 Å². The average molecular weight is 789 g/mol. The van der Waals surface area contributed by atoms with E-state index in [0.717, 1.165) is 33.8 Å². The molecule has 0 spiro atoms. The Labute approximate surface area is 335 Å². The molecule has 10 aromatic rings. The molecule has 4 heteroatoms. The minimum absolute atomic E-state index is 0.649. The first kappa shape index (κ1) is 34.4. The van der Waals surface area contributed by atoms with Crippen molar-refractivity contribution >= 4 is 80.5 Å². The quantitative estimate of drug-likeness (QED) is 0.144. The van der Waals surface area contributed by atoms with Crippen LogP contribution >= 0.6 is 0 Å². The van der Waals surface area contributed by atoms with E-state index in [9.17, 15) is 5.26 Å². The maximum atomic E-state index is 9.48. The summed E-state index contributed by atoms with van der Waals surface area (Å²) in [4.78, 5) is 2.39. The molecule has 1 heterocycles. The zero-order chi connectivity index (χ0) is 38.2. The minimum atomic E-state index is -3.45. The summed E-state index contributed by atoms with van der Waals surface area (Å²) in [5.41, 5.74) is 7.19. The molecule has 0 amide bonds. The smallest absolute Gasteiger partial charge is 0.0423 e. The van der Waals surface area contributed by atoms with Crippen molar-refractivity contribution in [3.05, 3.63) is 230 Å². The zero-order valence-electron chi connectivity index (χ0n) is 31.2. The molecule has 1 aromatic heterocycles. The van der Waals surface area contributed by atoms with E-state index in [0.29, 0.717) is 5.56 Å². The molecule has 0 atom stereocenters. The molecular formula is C53H37GeN3. The molecule has 9 aromatic carbocycles. The number of anilines is 3. The van der Waals surface area contributed by atoms with Crippen LogP contribution in [0.1, 0.15) is 5.56 Å². The SMILES string of the molecule is N#Cc1ccc(-n2c3ccccc3c3cc(N(c4cc[c]([Ge]([c]5ccccc5)([c]5ccccc5)[c]5ccccc5)cc4)c4ccc5ccccc5c4)ccc32)cc1. The van der Waals surface area contributed by atoms with E-state index >= 15 is 0 Å². The van der Waals surface area contributed by atoms with Gasteiger partial charge in [0.15, 0.2) is 0 Å². The second-order valence-corrected chi connectivity index (χ2v) is 22.5. The van der Waals surface area contributed by atoms with Gasteiger partial charge in [0.25, 0.3) is 0 Å². The molecule has 0 saturated heterocycles. The van der Waals surface area contributed by atoms with Crippen molar-refractivity contribution in [2.45, 2.75) is 0 Å². The van der Waals surface area contributed by atoms with Crippen molar-refractivity contribution in [2.24, 2.45) is 0 Å².